The Morgan fingerprint density at radius 3 is 2.38 bits per heavy atom. The average molecular weight is 512 g/mol. The predicted octanol–water partition coefficient (Wildman–Crippen LogP) is 5.11. The summed E-state index contributed by atoms with van der Waals surface area (Å²) < 4.78 is 5.49. The van der Waals surface area contributed by atoms with E-state index in [0.717, 1.165) is 29.1 Å². The summed E-state index contributed by atoms with van der Waals surface area (Å²) in [4.78, 5) is 45.9. The molecule has 34 heavy (non-hydrogen) atoms. The van der Waals surface area contributed by atoms with Crippen molar-refractivity contribution < 1.29 is 24.2 Å². The number of piperidine rings is 1. The number of aliphatic carboxylic acids is 1. The van der Waals surface area contributed by atoms with Crippen LogP contribution in [-0.2, 0) is 14.3 Å². The molecule has 2 fully saturated rings. The zero-order valence-electron chi connectivity index (χ0n) is 21.0. The number of thioether (sulfide) groups is 1. The summed E-state index contributed by atoms with van der Waals surface area (Å²) in [5.74, 6) is -0.788. The number of carboxylic acid groups (broad SMARTS) is 1. The van der Waals surface area contributed by atoms with E-state index >= 15 is 0 Å². The summed E-state index contributed by atoms with van der Waals surface area (Å²) in [6, 6.07) is 0. The molecule has 0 bridgehead atoms. The number of rotatable bonds is 6. The van der Waals surface area contributed by atoms with Crippen LogP contribution in [0.4, 0.5) is 4.79 Å². The van der Waals surface area contributed by atoms with Gasteiger partial charge in [-0.3, -0.25) is 9.59 Å². The highest BCUT2D eigenvalue weighted by molar-refractivity contribution is 8.01. The molecule has 10 heteroatoms. The summed E-state index contributed by atoms with van der Waals surface area (Å²) in [6.07, 6.45) is 3.88. The third-order valence-electron chi connectivity index (χ3n) is 5.88. The molecule has 0 spiro atoms. The van der Waals surface area contributed by atoms with Gasteiger partial charge in [-0.15, -0.1) is 23.1 Å². The number of amides is 2. The predicted molar refractivity (Wildman–Crippen MR) is 134 cm³/mol. The molecule has 2 amide bonds. The lowest BCUT2D eigenvalue weighted by atomic mass is 9.92. The largest absolute Gasteiger partial charge is 0.481 e. The summed E-state index contributed by atoms with van der Waals surface area (Å²) in [7, 11) is 0. The van der Waals surface area contributed by atoms with E-state index in [9.17, 15) is 19.5 Å². The summed E-state index contributed by atoms with van der Waals surface area (Å²) in [6.45, 7) is 13.9. The third-order valence-corrected chi connectivity index (χ3v) is 8.70. The molecule has 1 aromatic heterocycles. The SMILES string of the molecule is CC(C)(C)CCN1C(=O)C(CC(=O)O)SC1c1cnc(C2CCN(C(=O)OC(C)(C)C)CC2)s1. The number of carbonyl (C=O) groups is 3. The van der Waals surface area contributed by atoms with Gasteiger partial charge in [0.25, 0.3) is 0 Å². The Hall–Kier alpha value is -1.81. The molecule has 8 nitrogen and oxygen atoms in total. The van der Waals surface area contributed by atoms with Crippen molar-refractivity contribution in [2.75, 3.05) is 19.6 Å². The Labute approximate surface area is 210 Å². The number of hydrogen-bond donors (Lipinski definition) is 1. The van der Waals surface area contributed by atoms with Crippen molar-refractivity contribution in [1.29, 1.82) is 0 Å². The standard InChI is InChI=1S/C24H37N3O5S2/c1-23(2,3)9-12-27-20(30)16(13-18(28)29)34-21(27)17-14-25-19(33-17)15-7-10-26(11-8-15)22(31)32-24(4,5)6/h14-16,21H,7-13H2,1-6H3,(H,28,29). The highest BCUT2D eigenvalue weighted by Crippen LogP contribution is 2.47. The maximum Gasteiger partial charge on any atom is 0.410 e. The Balaban J connectivity index is 1.67. The fraction of sp³-hybridized carbons (Fsp3) is 0.750. The molecule has 2 unspecified atom stereocenters. The van der Waals surface area contributed by atoms with Crippen molar-refractivity contribution in [1.82, 2.24) is 14.8 Å². The maximum absolute atomic E-state index is 13.0. The van der Waals surface area contributed by atoms with Gasteiger partial charge in [0.2, 0.25) is 5.91 Å². The van der Waals surface area contributed by atoms with Gasteiger partial charge in [0, 0.05) is 31.7 Å². The molecule has 2 atom stereocenters. The van der Waals surface area contributed by atoms with Crippen LogP contribution in [0.2, 0.25) is 0 Å². The van der Waals surface area contributed by atoms with Gasteiger partial charge < -0.3 is 19.6 Å². The molecule has 0 aliphatic carbocycles. The van der Waals surface area contributed by atoms with Gasteiger partial charge in [0.1, 0.15) is 11.0 Å². The van der Waals surface area contributed by atoms with Crippen molar-refractivity contribution in [3.8, 4) is 0 Å². The topological polar surface area (TPSA) is 100 Å². The molecule has 0 saturated carbocycles. The minimum atomic E-state index is -0.955. The number of thiazole rings is 1. The number of nitrogens with zero attached hydrogens (tertiary/aromatic N) is 3. The van der Waals surface area contributed by atoms with E-state index in [0.29, 0.717) is 19.6 Å². The zero-order chi connectivity index (χ0) is 25.3. The number of carboxylic acids is 1. The first-order chi connectivity index (χ1) is 15.7. The second kappa shape index (κ2) is 10.4. The Bertz CT molecular complexity index is 897. The molecule has 3 rings (SSSR count). The number of likely N-dealkylation sites (tertiary alicyclic amines) is 1. The van der Waals surface area contributed by atoms with Crippen LogP contribution in [-0.4, -0.2) is 68.3 Å². The zero-order valence-corrected chi connectivity index (χ0v) is 22.6. The second-order valence-electron chi connectivity index (χ2n) is 11.3. The van der Waals surface area contributed by atoms with Crippen LogP contribution in [0.5, 0.6) is 0 Å². The highest BCUT2D eigenvalue weighted by Gasteiger charge is 2.43. The van der Waals surface area contributed by atoms with Gasteiger partial charge in [-0.05, 0) is 45.4 Å². The molecular formula is C24H37N3O5S2. The van der Waals surface area contributed by atoms with Crippen LogP contribution in [0.1, 0.15) is 88.4 Å². The van der Waals surface area contributed by atoms with Gasteiger partial charge in [-0.25, -0.2) is 9.78 Å². The smallest absolute Gasteiger partial charge is 0.410 e. The Morgan fingerprint density at radius 1 is 1.18 bits per heavy atom. The van der Waals surface area contributed by atoms with Crippen molar-refractivity contribution in [2.45, 2.75) is 89.4 Å². The maximum atomic E-state index is 13.0. The van der Waals surface area contributed by atoms with Crippen LogP contribution in [0, 0.1) is 5.41 Å². The molecule has 3 heterocycles. The fourth-order valence-corrected chi connectivity index (χ4v) is 6.77. The summed E-state index contributed by atoms with van der Waals surface area (Å²) in [5.41, 5.74) is -0.437. The minimum absolute atomic E-state index is 0.0708. The first kappa shape index (κ1) is 26.8. The molecular weight excluding hydrogens is 474 g/mol. The van der Waals surface area contributed by atoms with E-state index in [1.165, 1.54) is 11.8 Å². The molecule has 1 aromatic rings. The van der Waals surface area contributed by atoms with Gasteiger partial charge >= 0.3 is 12.1 Å². The molecule has 2 aliphatic rings. The monoisotopic (exact) mass is 511 g/mol. The van der Waals surface area contributed by atoms with Crippen LogP contribution in [0.25, 0.3) is 0 Å². The van der Waals surface area contributed by atoms with Crippen LogP contribution in [0.3, 0.4) is 0 Å². The molecule has 2 aliphatic heterocycles. The number of aromatic nitrogens is 1. The highest BCUT2D eigenvalue weighted by atomic mass is 32.2. The van der Waals surface area contributed by atoms with Gasteiger partial charge in [-0.1, -0.05) is 20.8 Å². The van der Waals surface area contributed by atoms with E-state index in [2.05, 4.69) is 25.8 Å². The number of carbonyl (C=O) groups excluding carboxylic acids is 2. The summed E-state index contributed by atoms with van der Waals surface area (Å²) in [5, 5.41) is 9.51. The Kier molecular flexibility index (Phi) is 8.22. The van der Waals surface area contributed by atoms with Crippen LogP contribution < -0.4 is 0 Å². The van der Waals surface area contributed by atoms with Crippen LogP contribution in [0.15, 0.2) is 6.20 Å². The minimum Gasteiger partial charge on any atom is -0.481 e. The first-order valence-electron chi connectivity index (χ1n) is 11.8. The number of hydrogen-bond acceptors (Lipinski definition) is 7. The fourth-order valence-electron chi connectivity index (χ4n) is 4.02. The quantitative estimate of drug-likeness (QED) is 0.566. The van der Waals surface area contributed by atoms with E-state index in [-0.39, 0.29) is 35.1 Å². The van der Waals surface area contributed by atoms with Gasteiger partial charge in [-0.2, -0.15) is 0 Å². The number of ether oxygens (including phenoxy) is 1. The first-order valence-corrected chi connectivity index (χ1v) is 13.6. The molecule has 0 radical (unpaired) electrons. The molecule has 2 saturated heterocycles. The average Bonchev–Trinajstić information content (AvgIpc) is 3.30. The van der Waals surface area contributed by atoms with Gasteiger partial charge in [0.15, 0.2) is 0 Å². The molecule has 1 N–H and O–H groups in total. The molecule has 0 aromatic carbocycles. The van der Waals surface area contributed by atoms with E-state index < -0.39 is 16.8 Å². The van der Waals surface area contributed by atoms with Gasteiger partial charge in [0.05, 0.1) is 21.6 Å². The van der Waals surface area contributed by atoms with E-state index in [1.807, 2.05) is 31.9 Å². The summed E-state index contributed by atoms with van der Waals surface area (Å²) >= 11 is 3.03. The van der Waals surface area contributed by atoms with E-state index in [4.69, 9.17) is 4.74 Å². The van der Waals surface area contributed by atoms with Crippen molar-refractivity contribution in [3.05, 3.63) is 16.1 Å². The lowest BCUT2D eigenvalue weighted by Crippen LogP contribution is -2.41. The lowest BCUT2D eigenvalue weighted by molar-refractivity contribution is -0.140. The molecule has 190 valence electrons. The van der Waals surface area contributed by atoms with Crippen molar-refractivity contribution >= 4 is 41.1 Å². The third kappa shape index (κ3) is 7.10. The lowest BCUT2D eigenvalue weighted by Gasteiger charge is -2.32. The van der Waals surface area contributed by atoms with E-state index in [1.54, 1.807) is 16.2 Å². The normalized spacial score (nSPS) is 22.4. The Morgan fingerprint density at radius 2 is 1.82 bits per heavy atom. The van der Waals surface area contributed by atoms with Crippen LogP contribution >= 0.6 is 23.1 Å². The van der Waals surface area contributed by atoms with Crippen molar-refractivity contribution in [2.24, 2.45) is 5.41 Å². The second-order valence-corrected chi connectivity index (χ2v) is 13.6. The van der Waals surface area contributed by atoms with Crippen molar-refractivity contribution in [3.63, 3.8) is 0 Å².